The Kier molecular flexibility index (Phi) is 3.76. The molecule has 0 radical (unpaired) electrons. The Morgan fingerprint density at radius 2 is 2.00 bits per heavy atom. The highest BCUT2D eigenvalue weighted by atomic mass is 19.1. The molecule has 0 amide bonds. The van der Waals surface area contributed by atoms with Gasteiger partial charge in [0.25, 0.3) is 5.56 Å². The van der Waals surface area contributed by atoms with E-state index in [1.807, 2.05) is 23.8 Å². The van der Waals surface area contributed by atoms with Gasteiger partial charge in [-0.1, -0.05) is 18.2 Å². The minimum Gasteiger partial charge on any atom is -0.363 e. The monoisotopic (exact) mass is 418 g/mol. The zero-order valence-electron chi connectivity index (χ0n) is 18.2. The van der Waals surface area contributed by atoms with Crippen molar-refractivity contribution in [2.24, 2.45) is 5.92 Å². The third-order valence-electron chi connectivity index (χ3n) is 7.77. The number of anilines is 1. The van der Waals surface area contributed by atoms with Crippen molar-refractivity contribution < 1.29 is 4.39 Å². The zero-order chi connectivity index (χ0) is 21.5. The molecule has 5 nitrogen and oxygen atoms in total. The SMILES string of the molecule is Cc1nc(N[C@H](C)c2ccc3c(c2)C(C)(F)CC3)c2cn(C34CC(C3)C4)c(=O)cc2n1. The topological polar surface area (TPSA) is 59.8 Å². The lowest BCUT2D eigenvalue weighted by Gasteiger charge is -2.62. The first-order valence-corrected chi connectivity index (χ1v) is 11.2. The van der Waals surface area contributed by atoms with Gasteiger partial charge < -0.3 is 9.88 Å². The zero-order valence-corrected chi connectivity index (χ0v) is 18.2. The Balaban J connectivity index is 1.39. The molecule has 2 aromatic heterocycles. The first kappa shape index (κ1) is 19.0. The van der Waals surface area contributed by atoms with Gasteiger partial charge in [0, 0.05) is 23.8 Å². The molecule has 2 atom stereocenters. The van der Waals surface area contributed by atoms with E-state index >= 15 is 0 Å². The van der Waals surface area contributed by atoms with Gasteiger partial charge in [0.2, 0.25) is 0 Å². The number of pyridine rings is 1. The number of hydrogen-bond acceptors (Lipinski definition) is 4. The molecule has 7 rings (SSSR count). The summed E-state index contributed by atoms with van der Waals surface area (Å²) in [6, 6.07) is 7.70. The number of aryl methyl sites for hydroxylation is 2. The van der Waals surface area contributed by atoms with Crippen molar-refractivity contribution in [1.29, 1.82) is 0 Å². The van der Waals surface area contributed by atoms with Crippen LogP contribution in [0.5, 0.6) is 0 Å². The largest absolute Gasteiger partial charge is 0.363 e. The second kappa shape index (κ2) is 6.15. The number of benzene rings is 1. The van der Waals surface area contributed by atoms with Crippen LogP contribution in [0.3, 0.4) is 0 Å². The molecule has 1 unspecified atom stereocenters. The molecular formula is C25H27FN4O. The van der Waals surface area contributed by atoms with Crippen LogP contribution < -0.4 is 10.9 Å². The number of nitrogens with one attached hydrogen (secondary N) is 1. The maximum atomic E-state index is 14.9. The lowest BCUT2D eigenvalue weighted by atomic mass is 9.49. The fraction of sp³-hybridized carbons (Fsp3) is 0.480. The van der Waals surface area contributed by atoms with E-state index in [2.05, 4.69) is 34.3 Å². The van der Waals surface area contributed by atoms with Crippen LogP contribution in [-0.4, -0.2) is 14.5 Å². The van der Waals surface area contributed by atoms with E-state index in [9.17, 15) is 9.18 Å². The van der Waals surface area contributed by atoms with Gasteiger partial charge in [-0.05, 0) is 75.5 Å². The Morgan fingerprint density at radius 1 is 1.23 bits per heavy atom. The van der Waals surface area contributed by atoms with Crippen LogP contribution in [0, 0.1) is 12.8 Å². The molecule has 6 heteroatoms. The Bertz CT molecular complexity index is 1280. The minimum atomic E-state index is -1.26. The third-order valence-corrected chi connectivity index (χ3v) is 7.77. The summed E-state index contributed by atoms with van der Waals surface area (Å²) in [5.74, 6) is 2.13. The van der Waals surface area contributed by atoms with Gasteiger partial charge >= 0.3 is 0 Å². The van der Waals surface area contributed by atoms with Gasteiger partial charge in [-0.15, -0.1) is 0 Å². The summed E-state index contributed by atoms with van der Waals surface area (Å²) in [6.45, 7) is 5.57. The van der Waals surface area contributed by atoms with Crippen LogP contribution in [0.1, 0.15) is 68.1 Å². The van der Waals surface area contributed by atoms with E-state index in [0.717, 1.165) is 59.5 Å². The summed E-state index contributed by atoms with van der Waals surface area (Å²) in [6.07, 6.45) is 6.58. The van der Waals surface area contributed by atoms with Gasteiger partial charge in [-0.25, -0.2) is 14.4 Å². The number of hydrogen-bond donors (Lipinski definition) is 1. The normalized spacial score (nSPS) is 29.2. The highest BCUT2D eigenvalue weighted by Gasteiger charge is 2.58. The van der Waals surface area contributed by atoms with E-state index in [4.69, 9.17) is 0 Å². The van der Waals surface area contributed by atoms with E-state index in [0.29, 0.717) is 17.8 Å². The maximum Gasteiger partial charge on any atom is 0.253 e. The predicted octanol–water partition coefficient (Wildman–Crippen LogP) is 4.91. The lowest BCUT2D eigenvalue weighted by molar-refractivity contribution is -0.0911. The van der Waals surface area contributed by atoms with Gasteiger partial charge in [0.15, 0.2) is 0 Å². The molecule has 1 N–H and O–H groups in total. The first-order chi connectivity index (χ1) is 14.7. The summed E-state index contributed by atoms with van der Waals surface area (Å²) >= 11 is 0. The Labute approximate surface area is 180 Å². The molecule has 4 aliphatic rings. The van der Waals surface area contributed by atoms with E-state index in [1.54, 1.807) is 13.0 Å². The van der Waals surface area contributed by atoms with Crippen molar-refractivity contribution in [2.45, 2.75) is 70.1 Å². The van der Waals surface area contributed by atoms with Gasteiger partial charge in [-0.3, -0.25) is 4.79 Å². The summed E-state index contributed by atoms with van der Waals surface area (Å²) in [5.41, 5.74) is 2.37. The second-order valence-electron chi connectivity index (χ2n) is 10.1. The highest BCUT2D eigenvalue weighted by Crippen LogP contribution is 2.61. The molecule has 0 saturated heterocycles. The van der Waals surface area contributed by atoms with Crippen molar-refractivity contribution in [3.63, 3.8) is 0 Å². The number of nitrogens with zero attached hydrogens (tertiary/aromatic N) is 3. The smallest absolute Gasteiger partial charge is 0.253 e. The molecule has 31 heavy (non-hydrogen) atoms. The molecule has 0 aliphatic heterocycles. The first-order valence-electron chi connectivity index (χ1n) is 11.2. The minimum absolute atomic E-state index is 0.00921. The van der Waals surface area contributed by atoms with Crippen molar-refractivity contribution >= 4 is 16.7 Å². The average Bonchev–Trinajstić information content (AvgIpc) is 2.94. The number of aromatic nitrogens is 3. The number of alkyl halides is 1. The molecule has 2 heterocycles. The Hall–Kier alpha value is -2.76. The van der Waals surface area contributed by atoms with Crippen molar-refractivity contribution in [1.82, 2.24) is 14.5 Å². The molecular weight excluding hydrogens is 391 g/mol. The molecule has 3 aromatic rings. The maximum absolute atomic E-state index is 14.9. The van der Waals surface area contributed by atoms with Crippen LogP contribution in [0.15, 0.2) is 35.3 Å². The number of rotatable bonds is 4. The average molecular weight is 419 g/mol. The van der Waals surface area contributed by atoms with Crippen LogP contribution in [0.4, 0.5) is 10.2 Å². The van der Waals surface area contributed by atoms with E-state index < -0.39 is 5.67 Å². The fourth-order valence-corrected chi connectivity index (χ4v) is 5.79. The van der Waals surface area contributed by atoms with Crippen molar-refractivity contribution in [2.75, 3.05) is 5.32 Å². The fourth-order valence-electron chi connectivity index (χ4n) is 5.79. The van der Waals surface area contributed by atoms with Gasteiger partial charge in [0.1, 0.15) is 17.3 Å². The van der Waals surface area contributed by atoms with Gasteiger partial charge in [0.05, 0.1) is 10.9 Å². The third kappa shape index (κ3) is 2.76. The summed E-state index contributed by atoms with van der Waals surface area (Å²) in [5, 5.41) is 4.38. The molecule has 3 saturated carbocycles. The van der Waals surface area contributed by atoms with Crippen LogP contribution >= 0.6 is 0 Å². The predicted molar refractivity (Wildman–Crippen MR) is 119 cm³/mol. The summed E-state index contributed by atoms with van der Waals surface area (Å²) in [7, 11) is 0. The van der Waals surface area contributed by atoms with E-state index in [1.165, 1.54) is 0 Å². The van der Waals surface area contributed by atoms with Crippen LogP contribution in [0.2, 0.25) is 0 Å². The van der Waals surface area contributed by atoms with Crippen molar-refractivity contribution in [3.8, 4) is 0 Å². The highest BCUT2D eigenvalue weighted by molar-refractivity contribution is 5.88. The molecule has 160 valence electrons. The second-order valence-corrected chi connectivity index (χ2v) is 10.1. The summed E-state index contributed by atoms with van der Waals surface area (Å²) in [4.78, 5) is 22.0. The number of halogens is 1. The molecule has 1 aromatic carbocycles. The lowest BCUT2D eigenvalue weighted by Crippen LogP contribution is -2.61. The standard InChI is InChI=1S/C25H27FN4O/c1-14(18-5-4-17-6-7-24(3,26)20(17)8-18)27-23-19-13-30(25-10-16(11-25)12-25)22(31)9-21(19)28-15(2)29-23/h4-5,8-9,13-14,16H,6-7,10-12H2,1-3H3,(H,27,28,29)/t14-,16?,24?,25?/m1/s1. The number of fused-ring (bicyclic) bond motifs is 2. The summed E-state index contributed by atoms with van der Waals surface area (Å²) < 4.78 is 16.8. The molecule has 3 fully saturated rings. The van der Waals surface area contributed by atoms with Crippen molar-refractivity contribution in [3.05, 3.63) is 63.3 Å². The van der Waals surface area contributed by atoms with Crippen LogP contribution in [0.25, 0.3) is 10.9 Å². The van der Waals surface area contributed by atoms with Gasteiger partial charge in [-0.2, -0.15) is 0 Å². The quantitative estimate of drug-likeness (QED) is 0.654. The van der Waals surface area contributed by atoms with Crippen LogP contribution in [-0.2, 0) is 17.6 Å². The molecule has 0 spiro atoms. The van der Waals surface area contributed by atoms with E-state index in [-0.39, 0.29) is 17.1 Å². The molecule has 2 bridgehead atoms. The molecule has 4 aliphatic carbocycles. The Morgan fingerprint density at radius 3 is 2.71 bits per heavy atom.